The lowest BCUT2D eigenvalue weighted by Gasteiger charge is -2.49. The number of fused-ring (bicyclic) bond motifs is 1. The molecule has 0 N–H and O–H groups in total. The molecule has 0 radical (unpaired) electrons. The minimum atomic E-state index is -0.425. The first-order valence-corrected chi connectivity index (χ1v) is 8.88. The van der Waals surface area contributed by atoms with Crippen molar-refractivity contribution in [2.75, 3.05) is 19.8 Å². The Bertz CT molecular complexity index is 504. The van der Waals surface area contributed by atoms with Gasteiger partial charge in [0.15, 0.2) is 12.1 Å². The molecule has 1 spiro atoms. The highest BCUT2D eigenvalue weighted by molar-refractivity contribution is 5.16. The first kappa shape index (κ1) is 15.6. The summed E-state index contributed by atoms with van der Waals surface area (Å²) in [6.07, 6.45) is 4.06. The highest BCUT2D eigenvalue weighted by atomic mass is 16.7. The summed E-state index contributed by atoms with van der Waals surface area (Å²) in [4.78, 5) is 0. The summed E-state index contributed by atoms with van der Waals surface area (Å²) in [6.45, 7) is 4.41. The van der Waals surface area contributed by atoms with Crippen LogP contribution in [0.1, 0.15) is 44.5 Å². The Morgan fingerprint density at radius 1 is 1.09 bits per heavy atom. The molecule has 4 heteroatoms. The van der Waals surface area contributed by atoms with Gasteiger partial charge in [-0.15, -0.1) is 0 Å². The summed E-state index contributed by atoms with van der Waals surface area (Å²) in [7, 11) is 0. The molecule has 3 fully saturated rings. The zero-order valence-electron chi connectivity index (χ0n) is 13.8. The van der Waals surface area contributed by atoms with E-state index in [1.807, 2.05) is 18.2 Å². The Hall–Kier alpha value is -0.940. The van der Waals surface area contributed by atoms with E-state index in [4.69, 9.17) is 18.9 Å². The molecule has 4 rings (SSSR count). The van der Waals surface area contributed by atoms with Crippen molar-refractivity contribution >= 4 is 0 Å². The average Bonchev–Trinajstić information content (AvgIpc) is 2.62. The predicted molar refractivity (Wildman–Crippen MR) is 85.8 cm³/mol. The van der Waals surface area contributed by atoms with E-state index in [1.165, 1.54) is 12.8 Å². The van der Waals surface area contributed by atoms with Crippen LogP contribution in [0.5, 0.6) is 0 Å². The topological polar surface area (TPSA) is 36.9 Å². The molecular weight excluding hydrogens is 292 g/mol. The van der Waals surface area contributed by atoms with Crippen LogP contribution in [-0.2, 0) is 18.9 Å². The molecule has 0 unspecified atom stereocenters. The first-order chi connectivity index (χ1) is 11.3. The maximum atomic E-state index is 6.27. The Balaban J connectivity index is 1.43. The van der Waals surface area contributed by atoms with E-state index in [9.17, 15) is 0 Å². The second-order valence-corrected chi connectivity index (χ2v) is 7.06. The molecule has 3 saturated heterocycles. The summed E-state index contributed by atoms with van der Waals surface area (Å²) in [6, 6.07) is 10.2. The van der Waals surface area contributed by atoms with Gasteiger partial charge in [0.25, 0.3) is 0 Å². The summed E-state index contributed by atoms with van der Waals surface area (Å²) >= 11 is 0. The van der Waals surface area contributed by atoms with E-state index in [2.05, 4.69) is 19.1 Å². The molecule has 5 atom stereocenters. The predicted octanol–water partition coefficient (Wildman–Crippen LogP) is 3.67. The number of rotatable bonds is 2. The van der Waals surface area contributed by atoms with Crippen LogP contribution in [0.3, 0.4) is 0 Å². The molecule has 3 heterocycles. The van der Waals surface area contributed by atoms with Crippen LogP contribution < -0.4 is 0 Å². The Morgan fingerprint density at radius 3 is 2.65 bits per heavy atom. The van der Waals surface area contributed by atoms with Gasteiger partial charge in [-0.05, 0) is 12.3 Å². The fraction of sp³-hybridized carbons (Fsp3) is 0.684. The fourth-order valence-corrected chi connectivity index (χ4v) is 3.85. The van der Waals surface area contributed by atoms with Gasteiger partial charge < -0.3 is 18.9 Å². The minimum Gasteiger partial charge on any atom is -0.350 e. The Morgan fingerprint density at radius 2 is 1.91 bits per heavy atom. The van der Waals surface area contributed by atoms with Crippen LogP contribution in [0.4, 0.5) is 0 Å². The molecule has 1 aromatic rings. The number of hydrogen-bond donors (Lipinski definition) is 0. The maximum Gasteiger partial charge on any atom is 0.184 e. The fourth-order valence-electron chi connectivity index (χ4n) is 3.85. The Labute approximate surface area is 138 Å². The highest BCUT2D eigenvalue weighted by Gasteiger charge is 2.48. The van der Waals surface area contributed by atoms with Crippen molar-refractivity contribution in [2.45, 2.75) is 50.8 Å². The van der Waals surface area contributed by atoms with Crippen LogP contribution in [0.2, 0.25) is 0 Å². The first-order valence-electron chi connectivity index (χ1n) is 8.88. The largest absolute Gasteiger partial charge is 0.350 e. The lowest BCUT2D eigenvalue weighted by Crippen LogP contribution is -2.54. The number of benzene rings is 1. The third-order valence-corrected chi connectivity index (χ3v) is 5.52. The van der Waals surface area contributed by atoms with Crippen molar-refractivity contribution in [3.05, 3.63) is 35.9 Å². The minimum absolute atomic E-state index is 0.154. The van der Waals surface area contributed by atoms with Crippen molar-refractivity contribution in [3.8, 4) is 0 Å². The van der Waals surface area contributed by atoms with E-state index in [0.717, 1.165) is 25.0 Å². The zero-order valence-corrected chi connectivity index (χ0v) is 13.8. The van der Waals surface area contributed by atoms with E-state index < -0.39 is 5.79 Å². The van der Waals surface area contributed by atoms with Gasteiger partial charge in [-0.2, -0.15) is 0 Å². The third kappa shape index (κ3) is 3.18. The standard InChI is InChI=1S/C19H26O4/c1-2-14-8-9-19(21-11-14)10-17-16(13-22-19)12-20-18(23-17)15-6-4-3-5-7-15/h3-7,14,16-18H,2,8-13H2,1H3/t14-,16-,17-,18+,19+/m1/s1. The van der Waals surface area contributed by atoms with Gasteiger partial charge in [0.2, 0.25) is 0 Å². The molecule has 0 saturated carbocycles. The van der Waals surface area contributed by atoms with Gasteiger partial charge in [0.05, 0.1) is 25.9 Å². The van der Waals surface area contributed by atoms with Gasteiger partial charge >= 0.3 is 0 Å². The SMILES string of the molecule is CC[C@@H]1CC[C@]2(C[C@H]3O[C@@H](c4ccccc4)OC[C@@H]3CO2)OC1. The highest BCUT2D eigenvalue weighted by Crippen LogP contribution is 2.43. The van der Waals surface area contributed by atoms with Crippen LogP contribution in [0.15, 0.2) is 30.3 Å². The summed E-state index contributed by atoms with van der Waals surface area (Å²) in [5, 5.41) is 0. The monoisotopic (exact) mass is 318 g/mol. The second kappa shape index (κ2) is 6.52. The quantitative estimate of drug-likeness (QED) is 0.834. The molecule has 126 valence electrons. The van der Waals surface area contributed by atoms with Crippen LogP contribution in [0.25, 0.3) is 0 Å². The maximum absolute atomic E-state index is 6.27. The zero-order chi connectivity index (χ0) is 15.7. The normalized spacial score (nSPS) is 40.7. The molecule has 0 aliphatic carbocycles. The van der Waals surface area contributed by atoms with Gasteiger partial charge in [-0.1, -0.05) is 43.7 Å². The van der Waals surface area contributed by atoms with Crippen LogP contribution >= 0.6 is 0 Å². The summed E-state index contributed by atoms with van der Waals surface area (Å²) in [5.41, 5.74) is 1.09. The van der Waals surface area contributed by atoms with Gasteiger partial charge in [0, 0.05) is 24.3 Å². The van der Waals surface area contributed by atoms with Crippen molar-refractivity contribution in [3.63, 3.8) is 0 Å². The molecule has 0 aromatic heterocycles. The van der Waals surface area contributed by atoms with Gasteiger partial charge in [-0.3, -0.25) is 0 Å². The molecule has 23 heavy (non-hydrogen) atoms. The second-order valence-electron chi connectivity index (χ2n) is 7.06. The van der Waals surface area contributed by atoms with E-state index in [0.29, 0.717) is 25.0 Å². The molecule has 3 aliphatic rings. The average molecular weight is 318 g/mol. The van der Waals surface area contributed by atoms with Crippen LogP contribution in [-0.4, -0.2) is 31.7 Å². The molecular formula is C19H26O4. The van der Waals surface area contributed by atoms with Crippen molar-refractivity contribution < 1.29 is 18.9 Å². The van der Waals surface area contributed by atoms with Crippen molar-refractivity contribution in [2.24, 2.45) is 11.8 Å². The Kier molecular flexibility index (Phi) is 4.41. The third-order valence-electron chi connectivity index (χ3n) is 5.52. The lowest BCUT2D eigenvalue weighted by molar-refractivity contribution is -0.346. The molecule has 0 bridgehead atoms. The van der Waals surface area contributed by atoms with Crippen molar-refractivity contribution in [1.29, 1.82) is 0 Å². The van der Waals surface area contributed by atoms with E-state index in [1.54, 1.807) is 0 Å². The summed E-state index contributed by atoms with van der Waals surface area (Å²) < 4.78 is 24.5. The molecule has 0 amide bonds. The molecule has 1 aromatic carbocycles. The molecule has 4 nitrogen and oxygen atoms in total. The van der Waals surface area contributed by atoms with Crippen LogP contribution in [0, 0.1) is 11.8 Å². The number of hydrogen-bond acceptors (Lipinski definition) is 4. The smallest absolute Gasteiger partial charge is 0.184 e. The van der Waals surface area contributed by atoms with Gasteiger partial charge in [0.1, 0.15) is 0 Å². The van der Waals surface area contributed by atoms with Gasteiger partial charge in [-0.25, -0.2) is 0 Å². The lowest BCUT2D eigenvalue weighted by atomic mass is 9.86. The van der Waals surface area contributed by atoms with E-state index >= 15 is 0 Å². The number of ether oxygens (including phenoxy) is 4. The molecule has 3 aliphatic heterocycles. The van der Waals surface area contributed by atoms with E-state index in [-0.39, 0.29) is 12.4 Å². The summed E-state index contributed by atoms with van der Waals surface area (Å²) in [5.74, 6) is 0.563. The van der Waals surface area contributed by atoms with Crippen molar-refractivity contribution in [1.82, 2.24) is 0 Å².